The van der Waals surface area contributed by atoms with Crippen molar-refractivity contribution >= 4 is 28.6 Å². The third kappa shape index (κ3) is 4.10. The zero-order chi connectivity index (χ0) is 19.4. The number of hydrogen-bond acceptors (Lipinski definition) is 4. The van der Waals surface area contributed by atoms with E-state index in [1.807, 2.05) is 42.5 Å². The number of carboxylic acids is 1. The monoisotopic (exact) mass is 369 g/mol. The number of nitrogens with zero attached hydrogens (tertiary/aromatic N) is 1. The molecule has 1 amide bonds. The number of likely N-dealkylation sites (tertiary alicyclic amines) is 1. The van der Waals surface area contributed by atoms with Crippen LogP contribution >= 0.6 is 0 Å². The van der Waals surface area contributed by atoms with Crippen LogP contribution in [0.2, 0.25) is 0 Å². The number of esters is 1. The van der Waals surface area contributed by atoms with Crippen LogP contribution < -0.4 is 0 Å². The minimum Gasteiger partial charge on any atom is -0.481 e. The number of amides is 1. The Morgan fingerprint density at radius 2 is 1.93 bits per heavy atom. The molecule has 2 aromatic carbocycles. The van der Waals surface area contributed by atoms with E-state index < -0.39 is 23.9 Å². The topological polar surface area (TPSA) is 83.9 Å². The fourth-order valence-electron chi connectivity index (χ4n) is 3.76. The summed E-state index contributed by atoms with van der Waals surface area (Å²) in [5.74, 6) is -2.61. The first kappa shape index (κ1) is 18.9. The lowest BCUT2D eigenvalue weighted by molar-refractivity contribution is -0.152. The Kier molecular flexibility index (Phi) is 5.74. The fraction of sp³-hybridized carbons (Fsp3) is 0.381. The minimum absolute atomic E-state index is 0.133. The number of carbonyl (C=O) groups excluding carboxylic acids is 2. The number of benzene rings is 2. The second-order valence-electron chi connectivity index (χ2n) is 6.85. The lowest BCUT2D eigenvalue weighted by Crippen LogP contribution is -2.42. The average molecular weight is 369 g/mol. The van der Waals surface area contributed by atoms with Gasteiger partial charge in [0.05, 0.1) is 13.0 Å². The predicted octanol–water partition coefficient (Wildman–Crippen LogP) is 2.64. The number of rotatable bonds is 6. The molecular weight excluding hydrogens is 346 g/mol. The lowest BCUT2D eigenvalue weighted by Gasteiger charge is -2.24. The Balaban J connectivity index is 1.77. The molecule has 6 heteroatoms. The molecule has 2 aromatic rings. The average Bonchev–Trinajstić information content (AvgIpc) is 3.17. The molecule has 3 rings (SSSR count). The van der Waals surface area contributed by atoms with E-state index in [4.69, 9.17) is 4.74 Å². The number of fused-ring (bicyclic) bond motifs is 1. The molecule has 1 heterocycles. The van der Waals surface area contributed by atoms with Crippen molar-refractivity contribution in [2.24, 2.45) is 5.92 Å². The molecule has 0 aliphatic carbocycles. The summed E-state index contributed by atoms with van der Waals surface area (Å²) in [6.07, 6.45) is 1.40. The van der Waals surface area contributed by atoms with Gasteiger partial charge in [-0.25, -0.2) is 4.79 Å². The quantitative estimate of drug-likeness (QED) is 0.792. The van der Waals surface area contributed by atoms with Crippen molar-refractivity contribution in [3.63, 3.8) is 0 Å². The normalized spacial score (nSPS) is 17.7. The Labute approximate surface area is 157 Å². The first-order valence-corrected chi connectivity index (χ1v) is 9.08. The molecule has 1 saturated heterocycles. The van der Waals surface area contributed by atoms with Crippen LogP contribution in [0, 0.1) is 5.92 Å². The highest BCUT2D eigenvalue weighted by atomic mass is 16.5. The van der Waals surface area contributed by atoms with Gasteiger partial charge in [-0.1, -0.05) is 42.5 Å². The van der Waals surface area contributed by atoms with E-state index in [-0.39, 0.29) is 18.7 Å². The van der Waals surface area contributed by atoms with Gasteiger partial charge in [-0.2, -0.15) is 0 Å². The number of carbonyl (C=O) groups is 3. The number of hydrogen-bond donors (Lipinski definition) is 1. The van der Waals surface area contributed by atoms with Crippen LogP contribution in [0.25, 0.3) is 10.8 Å². The molecule has 1 fully saturated rings. The Morgan fingerprint density at radius 3 is 2.67 bits per heavy atom. The van der Waals surface area contributed by atoms with Gasteiger partial charge >= 0.3 is 11.9 Å². The summed E-state index contributed by atoms with van der Waals surface area (Å²) in [5, 5.41) is 11.7. The molecule has 27 heavy (non-hydrogen) atoms. The highest BCUT2D eigenvalue weighted by Gasteiger charge is 2.36. The largest absolute Gasteiger partial charge is 0.481 e. The number of ether oxygens (including phenoxy) is 1. The van der Waals surface area contributed by atoms with Gasteiger partial charge in [0, 0.05) is 13.0 Å². The molecule has 0 aromatic heterocycles. The highest BCUT2D eigenvalue weighted by molar-refractivity contribution is 5.89. The molecule has 1 unspecified atom stereocenters. The van der Waals surface area contributed by atoms with Crippen molar-refractivity contribution in [1.29, 1.82) is 0 Å². The summed E-state index contributed by atoms with van der Waals surface area (Å²) in [6, 6.07) is 13.0. The summed E-state index contributed by atoms with van der Waals surface area (Å²) in [6.45, 7) is 0.458. The molecule has 6 nitrogen and oxygen atoms in total. The third-order valence-electron chi connectivity index (χ3n) is 5.16. The molecule has 1 aliphatic rings. The first-order chi connectivity index (χ1) is 13.0. The SMILES string of the molecule is COC(=O)[C@@H]1CCCN1C(=O)CC(Cc1cccc2ccccc12)C(=O)O. The van der Waals surface area contributed by atoms with Crippen molar-refractivity contribution in [1.82, 2.24) is 4.90 Å². The second-order valence-corrected chi connectivity index (χ2v) is 6.85. The Hall–Kier alpha value is -2.89. The molecule has 0 spiro atoms. The number of aliphatic carboxylic acids is 1. The molecule has 1 aliphatic heterocycles. The van der Waals surface area contributed by atoms with Gasteiger partial charge < -0.3 is 14.7 Å². The van der Waals surface area contributed by atoms with Crippen LogP contribution in [-0.2, 0) is 25.5 Å². The summed E-state index contributed by atoms with van der Waals surface area (Å²) in [7, 11) is 1.30. The van der Waals surface area contributed by atoms with Gasteiger partial charge in [0.15, 0.2) is 0 Å². The van der Waals surface area contributed by atoms with E-state index in [0.29, 0.717) is 19.4 Å². The van der Waals surface area contributed by atoms with Crippen molar-refractivity contribution in [3.05, 3.63) is 48.0 Å². The van der Waals surface area contributed by atoms with Gasteiger partial charge in [0.1, 0.15) is 6.04 Å². The van der Waals surface area contributed by atoms with Crippen molar-refractivity contribution in [3.8, 4) is 0 Å². The van der Waals surface area contributed by atoms with Crippen molar-refractivity contribution in [2.75, 3.05) is 13.7 Å². The zero-order valence-corrected chi connectivity index (χ0v) is 15.3. The van der Waals surface area contributed by atoms with Gasteiger partial charge in [-0.3, -0.25) is 9.59 Å². The van der Waals surface area contributed by atoms with E-state index in [1.54, 1.807) is 0 Å². The van der Waals surface area contributed by atoms with Gasteiger partial charge in [0.25, 0.3) is 0 Å². The lowest BCUT2D eigenvalue weighted by atomic mass is 9.92. The smallest absolute Gasteiger partial charge is 0.328 e. The van der Waals surface area contributed by atoms with E-state index in [9.17, 15) is 19.5 Å². The zero-order valence-electron chi connectivity index (χ0n) is 15.3. The van der Waals surface area contributed by atoms with Crippen LogP contribution in [0.4, 0.5) is 0 Å². The van der Waals surface area contributed by atoms with Crippen LogP contribution in [0.5, 0.6) is 0 Å². The van der Waals surface area contributed by atoms with Crippen LogP contribution in [0.15, 0.2) is 42.5 Å². The molecule has 2 atom stereocenters. The van der Waals surface area contributed by atoms with E-state index in [2.05, 4.69) is 0 Å². The van der Waals surface area contributed by atoms with Crippen LogP contribution in [0.1, 0.15) is 24.8 Å². The number of carboxylic acid groups (broad SMARTS) is 1. The Bertz CT molecular complexity index is 857. The molecule has 0 bridgehead atoms. The van der Waals surface area contributed by atoms with Crippen molar-refractivity contribution < 1.29 is 24.2 Å². The van der Waals surface area contributed by atoms with Crippen molar-refractivity contribution in [2.45, 2.75) is 31.7 Å². The summed E-state index contributed by atoms with van der Waals surface area (Å²) in [5.41, 5.74) is 0.902. The maximum absolute atomic E-state index is 12.7. The maximum Gasteiger partial charge on any atom is 0.328 e. The van der Waals surface area contributed by atoms with Gasteiger partial charge in [0.2, 0.25) is 5.91 Å². The first-order valence-electron chi connectivity index (χ1n) is 9.08. The number of methoxy groups -OCH3 is 1. The summed E-state index contributed by atoms with van der Waals surface area (Å²) in [4.78, 5) is 37.8. The van der Waals surface area contributed by atoms with E-state index in [0.717, 1.165) is 16.3 Å². The maximum atomic E-state index is 12.7. The molecule has 0 saturated carbocycles. The standard InChI is InChI=1S/C21H23NO5/c1-27-21(26)18-10-5-11-22(18)19(23)13-16(20(24)25)12-15-8-4-7-14-6-2-3-9-17(14)15/h2-4,6-9,16,18H,5,10-13H2,1H3,(H,24,25)/t16?,18-/m0/s1. The highest BCUT2D eigenvalue weighted by Crippen LogP contribution is 2.25. The second kappa shape index (κ2) is 8.20. The molecule has 0 radical (unpaired) electrons. The fourth-order valence-corrected chi connectivity index (χ4v) is 3.76. The Morgan fingerprint density at radius 1 is 1.19 bits per heavy atom. The van der Waals surface area contributed by atoms with Crippen LogP contribution in [0.3, 0.4) is 0 Å². The molecule has 1 N–H and O–H groups in total. The minimum atomic E-state index is -1.01. The third-order valence-corrected chi connectivity index (χ3v) is 5.16. The summed E-state index contributed by atoms with van der Waals surface area (Å²) < 4.78 is 4.76. The predicted molar refractivity (Wildman–Crippen MR) is 100 cm³/mol. The van der Waals surface area contributed by atoms with E-state index in [1.165, 1.54) is 12.0 Å². The van der Waals surface area contributed by atoms with Gasteiger partial charge in [-0.05, 0) is 35.6 Å². The summed E-state index contributed by atoms with van der Waals surface area (Å²) >= 11 is 0. The van der Waals surface area contributed by atoms with E-state index >= 15 is 0 Å². The van der Waals surface area contributed by atoms with Gasteiger partial charge in [-0.15, -0.1) is 0 Å². The van der Waals surface area contributed by atoms with Crippen LogP contribution in [-0.4, -0.2) is 47.5 Å². The molecule has 142 valence electrons. The molecular formula is C21H23NO5.